The normalized spacial score (nSPS) is 28.6. The molecule has 0 radical (unpaired) electrons. The van der Waals surface area contributed by atoms with Gasteiger partial charge in [0.25, 0.3) is 0 Å². The van der Waals surface area contributed by atoms with Crippen LogP contribution in [0.5, 0.6) is 0 Å². The Labute approximate surface area is 91.5 Å². The Morgan fingerprint density at radius 2 is 2.20 bits per heavy atom. The summed E-state index contributed by atoms with van der Waals surface area (Å²) in [5, 5.41) is 0. The molecule has 1 aromatic carbocycles. The summed E-state index contributed by atoms with van der Waals surface area (Å²) in [6.07, 6.45) is 6.12. The van der Waals surface area contributed by atoms with Gasteiger partial charge in [-0.3, -0.25) is 0 Å². The van der Waals surface area contributed by atoms with Crippen LogP contribution < -0.4 is 0 Å². The Kier molecular flexibility index (Phi) is 2.10. The maximum Gasteiger partial charge on any atom is 0.0956 e. The van der Waals surface area contributed by atoms with Gasteiger partial charge in [0.05, 0.1) is 12.2 Å². The van der Waals surface area contributed by atoms with E-state index in [9.17, 15) is 0 Å². The second-order valence-corrected chi connectivity index (χ2v) is 4.79. The van der Waals surface area contributed by atoms with E-state index in [4.69, 9.17) is 4.74 Å². The van der Waals surface area contributed by atoms with Crippen LogP contribution >= 0.6 is 0 Å². The van der Waals surface area contributed by atoms with Crippen molar-refractivity contribution in [3.8, 4) is 0 Å². The van der Waals surface area contributed by atoms with Crippen LogP contribution in [0, 0.1) is 0 Å². The zero-order chi connectivity index (χ0) is 10.3. The summed E-state index contributed by atoms with van der Waals surface area (Å²) in [7, 11) is 0. The number of hydrogen-bond donors (Lipinski definition) is 0. The zero-order valence-corrected chi connectivity index (χ0v) is 9.38. The molecule has 1 aromatic rings. The Hall–Kier alpha value is -0.820. The van der Waals surface area contributed by atoms with E-state index in [0.29, 0.717) is 0 Å². The Balaban J connectivity index is 2.08. The molecule has 1 saturated heterocycles. The molecular weight excluding hydrogens is 184 g/mol. The summed E-state index contributed by atoms with van der Waals surface area (Å²) in [4.78, 5) is 0. The van der Waals surface area contributed by atoms with Crippen LogP contribution in [0.4, 0.5) is 0 Å². The minimum Gasteiger partial charge on any atom is -0.370 e. The van der Waals surface area contributed by atoms with Crippen LogP contribution in [0.25, 0.3) is 0 Å². The highest BCUT2D eigenvalue weighted by Gasteiger charge is 2.43. The van der Waals surface area contributed by atoms with E-state index in [-0.39, 0.29) is 5.60 Å². The Morgan fingerprint density at radius 3 is 2.87 bits per heavy atom. The number of ether oxygens (including phenoxy) is 1. The summed E-state index contributed by atoms with van der Waals surface area (Å²) < 4.78 is 5.89. The van der Waals surface area contributed by atoms with E-state index in [0.717, 1.165) is 13.0 Å². The van der Waals surface area contributed by atoms with E-state index in [2.05, 4.69) is 25.1 Å². The standard InChI is InChI=1S/C14H18O/c1-2-11-5-6-12-4-3-7-14(8-9-15-14)13(12)10-11/h5-6,10H,2-4,7-9H2,1H3. The summed E-state index contributed by atoms with van der Waals surface area (Å²) in [6.45, 7) is 3.18. The van der Waals surface area contributed by atoms with Crippen LogP contribution in [0.15, 0.2) is 18.2 Å². The molecular formula is C14H18O. The molecule has 0 N–H and O–H groups in total. The van der Waals surface area contributed by atoms with Gasteiger partial charge < -0.3 is 4.74 Å². The lowest BCUT2D eigenvalue weighted by Crippen LogP contribution is -2.43. The molecule has 2 aliphatic rings. The molecule has 1 fully saturated rings. The summed E-state index contributed by atoms with van der Waals surface area (Å²) in [5.74, 6) is 0. The monoisotopic (exact) mass is 202 g/mol. The molecule has 0 saturated carbocycles. The van der Waals surface area contributed by atoms with Gasteiger partial charge >= 0.3 is 0 Å². The first kappa shape index (κ1) is 9.41. The van der Waals surface area contributed by atoms with E-state index < -0.39 is 0 Å². The van der Waals surface area contributed by atoms with Gasteiger partial charge in [0.15, 0.2) is 0 Å². The lowest BCUT2D eigenvalue weighted by atomic mass is 9.74. The minimum atomic E-state index is 0.124. The summed E-state index contributed by atoms with van der Waals surface area (Å²) in [5.41, 5.74) is 4.60. The van der Waals surface area contributed by atoms with E-state index in [1.54, 1.807) is 0 Å². The van der Waals surface area contributed by atoms with Crippen LogP contribution in [-0.2, 0) is 23.2 Å². The van der Waals surface area contributed by atoms with Crippen molar-refractivity contribution < 1.29 is 4.74 Å². The van der Waals surface area contributed by atoms with E-state index >= 15 is 0 Å². The third-order valence-corrected chi connectivity index (χ3v) is 3.98. The molecule has 3 rings (SSSR count). The van der Waals surface area contributed by atoms with Gasteiger partial charge in [-0.05, 0) is 42.4 Å². The van der Waals surface area contributed by atoms with Crippen molar-refractivity contribution in [3.63, 3.8) is 0 Å². The fourth-order valence-corrected chi connectivity index (χ4v) is 2.94. The van der Waals surface area contributed by atoms with Crippen molar-refractivity contribution in [2.75, 3.05) is 6.61 Å². The van der Waals surface area contributed by atoms with Gasteiger partial charge in [-0.1, -0.05) is 25.1 Å². The molecule has 1 spiro atoms. The first-order valence-electron chi connectivity index (χ1n) is 6.10. The molecule has 1 aliphatic heterocycles. The molecule has 0 amide bonds. The average molecular weight is 202 g/mol. The Bertz CT molecular complexity index is 377. The minimum absolute atomic E-state index is 0.124. The predicted molar refractivity (Wildman–Crippen MR) is 61.0 cm³/mol. The van der Waals surface area contributed by atoms with Crippen molar-refractivity contribution >= 4 is 0 Å². The molecule has 15 heavy (non-hydrogen) atoms. The fourth-order valence-electron chi connectivity index (χ4n) is 2.94. The largest absolute Gasteiger partial charge is 0.370 e. The van der Waals surface area contributed by atoms with Crippen molar-refractivity contribution in [1.82, 2.24) is 0 Å². The lowest BCUT2D eigenvalue weighted by Gasteiger charge is -2.46. The van der Waals surface area contributed by atoms with E-state index in [1.165, 1.54) is 42.4 Å². The molecule has 1 atom stereocenters. The second kappa shape index (κ2) is 3.34. The Morgan fingerprint density at radius 1 is 1.33 bits per heavy atom. The van der Waals surface area contributed by atoms with Gasteiger partial charge in [-0.25, -0.2) is 0 Å². The smallest absolute Gasteiger partial charge is 0.0956 e. The van der Waals surface area contributed by atoms with Gasteiger partial charge in [0.1, 0.15) is 0 Å². The van der Waals surface area contributed by atoms with Crippen LogP contribution in [0.3, 0.4) is 0 Å². The predicted octanol–water partition coefficient (Wildman–Crippen LogP) is 3.20. The van der Waals surface area contributed by atoms with Crippen molar-refractivity contribution in [3.05, 3.63) is 34.9 Å². The first-order chi connectivity index (χ1) is 7.34. The molecule has 1 unspecified atom stereocenters. The van der Waals surface area contributed by atoms with Gasteiger partial charge in [-0.2, -0.15) is 0 Å². The molecule has 1 aliphatic carbocycles. The van der Waals surface area contributed by atoms with Crippen molar-refractivity contribution in [2.24, 2.45) is 0 Å². The number of hydrogen-bond acceptors (Lipinski definition) is 1. The SMILES string of the molecule is CCc1ccc2c(c1)C1(CCC2)CCO1. The highest BCUT2D eigenvalue weighted by molar-refractivity contribution is 5.39. The molecule has 80 valence electrons. The number of rotatable bonds is 1. The van der Waals surface area contributed by atoms with Crippen molar-refractivity contribution in [2.45, 2.75) is 44.6 Å². The number of benzene rings is 1. The fraction of sp³-hybridized carbons (Fsp3) is 0.571. The zero-order valence-electron chi connectivity index (χ0n) is 9.38. The highest BCUT2D eigenvalue weighted by atomic mass is 16.5. The van der Waals surface area contributed by atoms with Gasteiger partial charge in [0.2, 0.25) is 0 Å². The van der Waals surface area contributed by atoms with Gasteiger partial charge in [0, 0.05) is 6.42 Å². The summed E-state index contributed by atoms with van der Waals surface area (Å²) in [6, 6.07) is 6.97. The number of aryl methyl sites for hydroxylation is 2. The average Bonchev–Trinajstić information content (AvgIpc) is 2.25. The molecule has 1 nitrogen and oxygen atoms in total. The molecule has 0 bridgehead atoms. The van der Waals surface area contributed by atoms with Gasteiger partial charge in [-0.15, -0.1) is 0 Å². The van der Waals surface area contributed by atoms with Crippen LogP contribution in [0.1, 0.15) is 42.9 Å². The quantitative estimate of drug-likeness (QED) is 0.679. The third kappa shape index (κ3) is 1.33. The first-order valence-corrected chi connectivity index (χ1v) is 6.10. The summed E-state index contributed by atoms with van der Waals surface area (Å²) >= 11 is 0. The highest BCUT2D eigenvalue weighted by Crippen LogP contribution is 2.46. The van der Waals surface area contributed by atoms with E-state index in [1.807, 2.05) is 0 Å². The molecule has 1 heteroatoms. The second-order valence-electron chi connectivity index (χ2n) is 4.79. The molecule has 1 heterocycles. The molecule has 0 aromatic heterocycles. The van der Waals surface area contributed by atoms with Crippen molar-refractivity contribution in [1.29, 1.82) is 0 Å². The topological polar surface area (TPSA) is 9.23 Å². The van der Waals surface area contributed by atoms with Crippen LogP contribution in [-0.4, -0.2) is 6.61 Å². The number of fused-ring (bicyclic) bond motifs is 2. The third-order valence-electron chi connectivity index (χ3n) is 3.98. The maximum atomic E-state index is 5.89. The maximum absolute atomic E-state index is 5.89. The van der Waals surface area contributed by atoms with Crippen LogP contribution in [0.2, 0.25) is 0 Å². The lowest BCUT2D eigenvalue weighted by molar-refractivity contribution is -0.163.